The zero-order valence-corrected chi connectivity index (χ0v) is 10.9. The van der Waals surface area contributed by atoms with E-state index in [1.165, 1.54) is 0 Å². The molecule has 1 aliphatic heterocycles. The first kappa shape index (κ1) is 11.8. The van der Waals surface area contributed by atoms with Crippen molar-refractivity contribution >= 4 is 16.9 Å². The number of imidazole rings is 1. The number of H-pyrrole nitrogens is 1. The predicted octanol–water partition coefficient (Wildman–Crippen LogP) is 2.06. The van der Waals surface area contributed by atoms with Crippen molar-refractivity contribution in [1.82, 2.24) is 9.97 Å². The van der Waals surface area contributed by atoms with Crippen molar-refractivity contribution in [2.24, 2.45) is 5.73 Å². The third-order valence-corrected chi connectivity index (χ3v) is 3.42. The maximum absolute atomic E-state index is 11.4. The number of para-hydroxylation sites is 1. The van der Waals surface area contributed by atoms with Gasteiger partial charge in [0.05, 0.1) is 11.1 Å². The lowest BCUT2D eigenvalue weighted by Gasteiger charge is -1.99. The van der Waals surface area contributed by atoms with Crippen molar-refractivity contribution in [1.29, 1.82) is 0 Å². The number of primary amides is 1. The van der Waals surface area contributed by atoms with Gasteiger partial charge in [-0.1, -0.05) is 6.07 Å². The molecule has 0 radical (unpaired) electrons. The Balaban J connectivity index is 1.87. The summed E-state index contributed by atoms with van der Waals surface area (Å²) in [6.07, 6.45) is 0. The molecule has 0 aliphatic carbocycles. The molecular weight excluding hydrogens is 270 g/mol. The number of nitrogens with one attached hydrogen (secondary N) is 1. The Morgan fingerprint density at radius 3 is 2.90 bits per heavy atom. The van der Waals surface area contributed by atoms with Crippen LogP contribution in [0.15, 0.2) is 36.4 Å². The molecule has 104 valence electrons. The Morgan fingerprint density at radius 1 is 1.19 bits per heavy atom. The van der Waals surface area contributed by atoms with E-state index in [1.807, 2.05) is 24.3 Å². The number of hydrogen-bond acceptors (Lipinski definition) is 4. The number of fused-ring (bicyclic) bond motifs is 2. The molecule has 2 heterocycles. The van der Waals surface area contributed by atoms with Crippen LogP contribution < -0.4 is 15.2 Å². The molecule has 0 fully saturated rings. The molecule has 0 saturated carbocycles. The smallest absolute Gasteiger partial charge is 0.250 e. The molecule has 0 spiro atoms. The molecule has 0 saturated heterocycles. The topological polar surface area (TPSA) is 90.2 Å². The highest BCUT2D eigenvalue weighted by atomic mass is 16.7. The standard InChI is InChI=1S/C15H11N3O3/c16-14(19)9-2-1-3-10-13(9)18-15(17-10)8-4-5-11-12(6-8)21-7-20-11/h1-6H,7H2,(H2,16,19)(H,17,18). The number of aromatic nitrogens is 2. The van der Waals surface area contributed by atoms with E-state index in [2.05, 4.69) is 9.97 Å². The number of nitrogens with two attached hydrogens (primary N) is 1. The van der Waals surface area contributed by atoms with Crippen LogP contribution in [-0.2, 0) is 0 Å². The highest BCUT2D eigenvalue weighted by molar-refractivity contribution is 6.04. The van der Waals surface area contributed by atoms with Crippen molar-refractivity contribution in [3.05, 3.63) is 42.0 Å². The number of hydrogen-bond donors (Lipinski definition) is 2. The lowest BCUT2D eigenvalue weighted by atomic mass is 10.2. The monoisotopic (exact) mass is 281 g/mol. The number of carbonyl (C=O) groups excluding carboxylic acids is 1. The number of benzene rings is 2. The number of amides is 1. The summed E-state index contributed by atoms with van der Waals surface area (Å²) in [6.45, 7) is 0.227. The van der Waals surface area contributed by atoms with E-state index in [9.17, 15) is 4.79 Å². The summed E-state index contributed by atoms with van der Waals surface area (Å²) in [5.41, 5.74) is 7.95. The number of carbonyl (C=O) groups is 1. The first-order valence-corrected chi connectivity index (χ1v) is 6.41. The van der Waals surface area contributed by atoms with E-state index < -0.39 is 5.91 Å². The second-order valence-electron chi connectivity index (χ2n) is 4.72. The largest absolute Gasteiger partial charge is 0.454 e. The summed E-state index contributed by atoms with van der Waals surface area (Å²) in [5, 5.41) is 0. The van der Waals surface area contributed by atoms with Gasteiger partial charge in [-0.15, -0.1) is 0 Å². The molecule has 2 aromatic carbocycles. The van der Waals surface area contributed by atoms with Gasteiger partial charge >= 0.3 is 0 Å². The Labute approximate surface area is 119 Å². The summed E-state index contributed by atoms with van der Waals surface area (Å²) in [4.78, 5) is 19.1. The number of aromatic amines is 1. The van der Waals surface area contributed by atoms with Crippen LogP contribution in [0.2, 0.25) is 0 Å². The van der Waals surface area contributed by atoms with E-state index in [0.29, 0.717) is 28.4 Å². The average Bonchev–Trinajstić information content (AvgIpc) is 3.11. The minimum atomic E-state index is -0.496. The van der Waals surface area contributed by atoms with Gasteiger partial charge in [0, 0.05) is 5.56 Å². The molecule has 6 nitrogen and oxygen atoms in total. The molecule has 6 heteroatoms. The van der Waals surface area contributed by atoms with Gasteiger partial charge in [0.1, 0.15) is 11.3 Å². The fourth-order valence-electron chi connectivity index (χ4n) is 2.41. The Morgan fingerprint density at radius 2 is 2.05 bits per heavy atom. The van der Waals surface area contributed by atoms with Crippen molar-refractivity contribution in [3.8, 4) is 22.9 Å². The predicted molar refractivity (Wildman–Crippen MR) is 76.2 cm³/mol. The summed E-state index contributed by atoms with van der Waals surface area (Å²) in [6, 6.07) is 10.9. The molecule has 0 atom stereocenters. The summed E-state index contributed by atoms with van der Waals surface area (Å²) >= 11 is 0. The van der Waals surface area contributed by atoms with Crippen molar-refractivity contribution in [2.75, 3.05) is 6.79 Å². The Bertz CT molecular complexity index is 870. The Kier molecular flexibility index (Phi) is 2.38. The van der Waals surface area contributed by atoms with E-state index in [1.54, 1.807) is 12.1 Å². The zero-order valence-electron chi connectivity index (χ0n) is 10.9. The second-order valence-corrected chi connectivity index (χ2v) is 4.72. The third kappa shape index (κ3) is 1.80. The summed E-state index contributed by atoms with van der Waals surface area (Å²) < 4.78 is 10.6. The molecular formula is C15H11N3O3. The van der Waals surface area contributed by atoms with Gasteiger partial charge in [0.25, 0.3) is 5.91 Å². The molecule has 1 aromatic heterocycles. The van der Waals surface area contributed by atoms with E-state index in [4.69, 9.17) is 15.2 Å². The number of ether oxygens (including phenoxy) is 2. The van der Waals surface area contributed by atoms with Crippen LogP contribution in [0.25, 0.3) is 22.4 Å². The molecule has 0 bridgehead atoms. The fourth-order valence-corrected chi connectivity index (χ4v) is 2.41. The SMILES string of the molecule is NC(=O)c1cccc2[nH]c(-c3ccc4c(c3)OCO4)nc12. The van der Waals surface area contributed by atoms with Crippen LogP contribution in [-0.4, -0.2) is 22.7 Å². The molecule has 0 unspecified atom stereocenters. The van der Waals surface area contributed by atoms with Crippen LogP contribution in [0, 0.1) is 0 Å². The van der Waals surface area contributed by atoms with Crippen LogP contribution in [0.1, 0.15) is 10.4 Å². The normalized spacial score (nSPS) is 12.8. The highest BCUT2D eigenvalue weighted by Gasteiger charge is 2.16. The third-order valence-electron chi connectivity index (χ3n) is 3.42. The van der Waals surface area contributed by atoms with E-state index >= 15 is 0 Å². The Hall–Kier alpha value is -3.02. The minimum absolute atomic E-state index is 0.227. The average molecular weight is 281 g/mol. The van der Waals surface area contributed by atoms with Crippen LogP contribution in [0.5, 0.6) is 11.5 Å². The van der Waals surface area contributed by atoms with Gasteiger partial charge in [-0.2, -0.15) is 0 Å². The van der Waals surface area contributed by atoms with Gasteiger partial charge in [-0.3, -0.25) is 4.79 Å². The van der Waals surface area contributed by atoms with Gasteiger partial charge in [0.15, 0.2) is 11.5 Å². The van der Waals surface area contributed by atoms with Crippen LogP contribution in [0.4, 0.5) is 0 Å². The van der Waals surface area contributed by atoms with E-state index in [0.717, 1.165) is 11.1 Å². The van der Waals surface area contributed by atoms with Crippen LogP contribution in [0.3, 0.4) is 0 Å². The van der Waals surface area contributed by atoms with Crippen LogP contribution >= 0.6 is 0 Å². The molecule has 3 N–H and O–H groups in total. The van der Waals surface area contributed by atoms with Gasteiger partial charge < -0.3 is 20.2 Å². The van der Waals surface area contributed by atoms with Gasteiger partial charge in [-0.05, 0) is 30.3 Å². The summed E-state index contributed by atoms with van der Waals surface area (Å²) in [7, 11) is 0. The quantitative estimate of drug-likeness (QED) is 0.752. The van der Waals surface area contributed by atoms with Gasteiger partial charge in [-0.25, -0.2) is 4.98 Å². The lowest BCUT2D eigenvalue weighted by molar-refractivity contribution is 0.100. The second kappa shape index (κ2) is 4.24. The molecule has 1 amide bonds. The first-order chi connectivity index (χ1) is 10.2. The van der Waals surface area contributed by atoms with Crippen molar-refractivity contribution in [2.45, 2.75) is 0 Å². The molecule has 1 aliphatic rings. The van der Waals surface area contributed by atoms with Crippen molar-refractivity contribution in [3.63, 3.8) is 0 Å². The number of nitrogens with zero attached hydrogens (tertiary/aromatic N) is 1. The zero-order chi connectivity index (χ0) is 14.4. The molecule has 21 heavy (non-hydrogen) atoms. The molecule has 4 rings (SSSR count). The fraction of sp³-hybridized carbons (Fsp3) is 0.0667. The maximum Gasteiger partial charge on any atom is 0.250 e. The van der Waals surface area contributed by atoms with Gasteiger partial charge in [0.2, 0.25) is 6.79 Å². The van der Waals surface area contributed by atoms with Crippen molar-refractivity contribution < 1.29 is 14.3 Å². The molecule has 3 aromatic rings. The first-order valence-electron chi connectivity index (χ1n) is 6.41. The highest BCUT2D eigenvalue weighted by Crippen LogP contribution is 2.35. The lowest BCUT2D eigenvalue weighted by Crippen LogP contribution is -2.11. The summed E-state index contributed by atoms with van der Waals surface area (Å²) in [5.74, 6) is 1.55. The minimum Gasteiger partial charge on any atom is -0.454 e. The number of rotatable bonds is 2. The maximum atomic E-state index is 11.4. The van der Waals surface area contributed by atoms with E-state index in [-0.39, 0.29) is 6.79 Å².